The Labute approximate surface area is 191 Å². The number of hydrogen-bond donors (Lipinski definition) is 0. The van der Waals surface area contributed by atoms with Crippen molar-refractivity contribution in [2.75, 3.05) is 18.1 Å². The third kappa shape index (κ3) is 3.69. The summed E-state index contributed by atoms with van der Waals surface area (Å²) in [5.41, 5.74) is 5.36. The Hall–Kier alpha value is -4.19. The Morgan fingerprint density at radius 3 is 1.97 bits per heavy atom. The number of hydrogen-bond acceptors (Lipinski definition) is 4. The molecule has 0 radical (unpaired) electrons. The van der Waals surface area contributed by atoms with E-state index in [2.05, 4.69) is 6.58 Å². The maximum atomic E-state index is 13.3. The van der Waals surface area contributed by atoms with Crippen LogP contribution in [0.25, 0.3) is 5.70 Å². The number of fused-ring (bicyclic) bond motifs is 3. The highest BCUT2D eigenvalue weighted by molar-refractivity contribution is 6.10. The molecule has 33 heavy (non-hydrogen) atoms. The molecule has 2 aliphatic heterocycles. The number of esters is 1. The average molecular weight is 438 g/mol. The van der Waals surface area contributed by atoms with Gasteiger partial charge in [-0.3, -0.25) is 24.2 Å². The predicted molar refractivity (Wildman–Crippen MR) is 125 cm³/mol. The van der Waals surface area contributed by atoms with Crippen LogP contribution < -0.4 is 4.90 Å². The standard InChI is InChI=1S/C27H22N2O4/c1-18-21-10-4-5-11-22(21)27(32)28(18)16-26(31)33-17-25(30)29-23-12-6-2-8-19(23)14-15-20-9-3-7-13-24(20)29/h2-13H,1,14-17H2. The van der Waals surface area contributed by atoms with Crippen molar-refractivity contribution in [3.63, 3.8) is 0 Å². The molecule has 5 rings (SSSR count). The van der Waals surface area contributed by atoms with Gasteiger partial charge in [-0.15, -0.1) is 0 Å². The normalized spacial score (nSPS) is 14.3. The highest BCUT2D eigenvalue weighted by Crippen LogP contribution is 2.36. The Morgan fingerprint density at radius 2 is 1.36 bits per heavy atom. The van der Waals surface area contributed by atoms with Crippen LogP contribution >= 0.6 is 0 Å². The van der Waals surface area contributed by atoms with Gasteiger partial charge >= 0.3 is 5.97 Å². The fourth-order valence-electron chi connectivity index (χ4n) is 4.43. The van der Waals surface area contributed by atoms with Crippen LogP contribution in [0, 0.1) is 0 Å². The van der Waals surface area contributed by atoms with Crippen LogP contribution in [-0.2, 0) is 27.2 Å². The first kappa shape index (κ1) is 20.7. The van der Waals surface area contributed by atoms with Crippen LogP contribution in [0.3, 0.4) is 0 Å². The summed E-state index contributed by atoms with van der Waals surface area (Å²) in [7, 11) is 0. The number of benzene rings is 3. The molecule has 0 saturated carbocycles. The quantitative estimate of drug-likeness (QED) is 0.575. The van der Waals surface area contributed by atoms with Gasteiger partial charge in [-0.25, -0.2) is 0 Å². The van der Waals surface area contributed by atoms with Gasteiger partial charge in [0.2, 0.25) is 0 Å². The van der Waals surface area contributed by atoms with Gasteiger partial charge in [0.15, 0.2) is 6.61 Å². The second-order valence-electron chi connectivity index (χ2n) is 8.03. The molecule has 0 atom stereocenters. The van der Waals surface area contributed by atoms with Gasteiger partial charge in [0.05, 0.1) is 11.4 Å². The van der Waals surface area contributed by atoms with E-state index in [1.54, 1.807) is 23.1 Å². The minimum Gasteiger partial charge on any atom is -0.454 e. The van der Waals surface area contributed by atoms with Crippen LogP contribution in [0.4, 0.5) is 11.4 Å². The van der Waals surface area contributed by atoms with Crippen LogP contribution in [0.2, 0.25) is 0 Å². The molecular formula is C27H22N2O4. The molecule has 2 aliphatic rings. The van der Waals surface area contributed by atoms with Crippen LogP contribution in [0.5, 0.6) is 0 Å². The van der Waals surface area contributed by atoms with Crippen LogP contribution in [-0.4, -0.2) is 35.8 Å². The Balaban J connectivity index is 1.31. The van der Waals surface area contributed by atoms with E-state index in [1.807, 2.05) is 54.6 Å². The van der Waals surface area contributed by atoms with Gasteiger partial charge in [0.1, 0.15) is 6.54 Å². The molecule has 0 N–H and O–H groups in total. The maximum Gasteiger partial charge on any atom is 0.326 e. The summed E-state index contributed by atoms with van der Waals surface area (Å²) >= 11 is 0. The lowest BCUT2D eigenvalue weighted by molar-refractivity contribution is -0.147. The van der Waals surface area contributed by atoms with Gasteiger partial charge in [0.25, 0.3) is 11.8 Å². The van der Waals surface area contributed by atoms with E-state index >= 15 is 0 Å². The number of carbonyl (C=O) groups excluding carboxylic acids is 3. The highest BCUT2D eigenvalue weighted by atomic mass is 16.5. The molecule has 6 nitrogen and oxygen atoms in total. The Kier molecular flexibility index (Phi) is 5.26. The first-order chi connectivity index (χ1) is 16.0. The molecule has 2 heterocycles. The molecule has 6 heteroatoms. The zero-order chi connectivity index (χ0) is 22.9. The minimum absolute atomic E-state index is 0.297. The monoisotopic (exact) mass is 438 g/mol. The number of aryl methyl sites for hydroxylation is 2. The van der Waals surface area contributed by atoms with Crippen molar-refractivity contribution in [1.29, 1.82) is 0 Å². The molecule has 0 saturated heterocycles. The van der Waals surface area contributed by atoms with E-state index in [4.69, 9.17) is 4.74 Å². The van der Waals surface area contributed by atoms with E-state index in [-0.39, 0.29) is 18.4 Å². The lowest BCUT2D eigenvalue weighted by Gasteiger charge is -2.25. The van der Waals surface area contributed by atoms with Crippen molar-refractivity contribution in [1.82, 2.24) is 4.90 Å². The molecule has 0 bridgehead atoms. The summed E-state index contributed by atoms with van der Waals surface area (Å²) < 4.78 is 5.32. The van der Waals surface area contributed by atoms with Gasteiger partial charge in [0, 0.05) is 16.8 Å². The van der Waals surface area contributed by atoms with Crippen molar-refractivity contribution in [2.24, 2.45) is 0 Å². The van der Waals surface area contributed by atoms with Gasteiger partial charge in [-0.05, 0) is 42.2 Å². The summed E-state index contributed by atoms with van der Waals surface area (Å²) in [6.07, 6.45) is 1.63. The number of para-hydroxylation sites is 2. The van der Waals surface area contributed by atoms with E-state index in [9.17, 15) is 14.4 Å². The summed E-state index contributed by atoms with van der Waals surface area (Å²) in [4.78, 5) is 41.4. The summed E-state index contributed by atoms with van der Waals surface area (Å²) in [6, 6.07) is 22.6. The van der Waals surface area contributed by atoms with E-state index < -0.39 is 12.6 Å². The van der Waals surface area contributed by atoms with Crippen molar-refractivity contribution in [2.45, 2.75) is 12.8 Å². The van der Waals surface area contributed by atoms with Gasteiger partial charge in [-0.2, -0.15) is 0 Å². The fraction of sp³-hybridized carbons (Fsp3) is 0.148. The van der Waals surface area contributed by atoms with E-state index in [0.717, 1.165) is 35.3 Å². The smallest absolute Gasteiger partial charge is 0.326 e. The Morgan fingerprint density at radius 1 is 0.818 bits per heavy atom. The highest BCUT2D eigenvalue weighted by Gasteiger charge is 2.33. The topological polar surface area (TPSA) is 66.9 Å². The molecule has 0 spiro atoms. The predicted octanol–water partition coefficient (Wildman–Crippen LogP) is 4.12. The molecule has 3 aromatic rings. The average Bonchev–Trinajstić information content (AvgIpc) is 2.98. The van der Waals surface area contributed by atoms with Crippen molar-refractivity contribution in [3.8, 4) is 0 Å². The minimum atomic E-state index is -0.665. The van der Waals surface area contributed by atoms with Crippen molar-refractivity contribution in [3.05, 3.63) is 102 Å². The molecule has 0 aliphatic carbocycles. The largest absolute Gasteiger partial charge is 0.454 e. The molecule has 2 amide bonds. The fourth-order valence-corrected chi connectivity index (χ4v) is 4.43. The van der Waals surface area contributed by atoms with Crippen LogP contribution in [0.1, 0.15) is 27.0 Å². The molecule has 0 fully saturated rings. The number of ether oxygens (including phenoxy) is 1. The van der Waals surface area contributed by atoms with Crippen molar-refractivity contribution < 1.29 is 19.1 Å². The Bertz CT molecular complexity index is 1210. The zero-order valence-electron chi connectivity index (χ0n) is 18.0. The van der Waals surface area contributed by atoms with Crippen molar-refractivity contribution >= 4 is 34.9 Å². The van der Waals surface area contributed by atoms with Gasteiger partial charge < -0.3 is 4.74 Å². The van der Waals surface area contributed by atoms with Crippen LogP contribution in [0.15, 0.2) is 79.4 Å². The first-order valence-electron chi connectivity index (χ1n) is 10.8. The molecular weight excluding hydrogens is 416 g/mol. The lowest BCUT2D eigenvalue weighted by Crippen LogP contribution is -2.35. The van der Waals surface area contributed by atoms with E-state index in [0.29, 0.717) is 16.8 Å². The third-order valence-electron chi connectivity index (χ3n) is 6.06. The number of carbonyl (C=O) groups is 3. The maximum absolute atomic E-state index is 13.3. The molecule has 0 unspecified atom stereocenters. The first-order valence-corrected chi connectivity index (χ1v) is 10.8. The second kappa shape index (κ2) is 8.39. The molecule has 164 valence electrons. The summed E-state index contributed by atoms with van der Waals surface area (Å²) in [5.74, 6) is -1.31. The summed E-state index contributed by atoms with van der Waals surface area (Å²) in [6.45, 7) is 3.21. The van der Waals surface area contributed by atoms with Gasteiger partial charge in [-0.1, -0.05) is 61.2 Å². The number of amides is 2. The molecule has 3 aromatic carbocycles. The lowest BCUT2D eigenvalue weighted by atomic mass is 10.0. The van der Waals surface area contributed by atoms with E-state index in [1.165, 1.54) is 4.90 Å². The third-order valence-corrected chi connectivity index (χ3v) is 6.06. The number of nitrogens with zero attached hydrogens (tertiary/aromatic N) is 2. The second-order valence-corrected chi connectivity index (χ2v) is 8.03. The number of rotatable bonds is 4. The SMILES string of the molecule is C=C1c2ccccc2C(=O)N1CC(=O)OCC(=O)N1c2ccccc2CCc2ccccc21. The zero-order valence-corrected chi connectivity index (χ0v) is 18.0. The summed E-state index contributed by atoms with van der Waals surface area (Å²) in [5, 5.41) is 0. The molecule has 0 aromatic heterocycles. The number of anilines is 2.